The van der Waals surface area contributed by atoms with E-state index in [1.807, 2.05) is 31.5 Å². The number of aryl methyl sites for hydroxylation is 2. The van der Waals surface area contributed by atoms with Crippen LogP contribution >= 0.6 is 11.3 Å². The third kappa shape index (κ3) is 2.96. The fraction of sp³-hybridized carbons (Fsp3) is 0.267. The number of thiophene rings is 1. The van der Waals surface area contributed by atoms with Crippen LogP contribution in [0, 0.1) is 13.8 Å². The standard InChI is InChI=1S/C15H18N2OS/c1-10-4-5-12(8-13(10)16)15(18)17(3)9-14-11(2)6-7-19-14/h4-8H,9,16H2,1-3H3. The molecule has 4 heteroatoms. The summed E-state index contributed by atoms with van der Waals surface area (Å²) in [5.74, 6) is -0.000463. The van der Waals surface area contributed by atoms with E-state index in [0.29, 0.717) is 17.8 Å². The molecule has 0 aliphatic rings. The first-order valence-corrected chi connectivity index (χ1v) is 7.01. The fourth-order valence-electron chi connectivity index (χ4n) is 1.85. The Morgan fingerprint density at radius 2 is 2.00 bits per heavy atom. The van der Waals surface area contributed by atoms with Gasteiger partial charge in [-0.25, -0.2) is 0 Å². The van der Waals surface area contributed by atoms with Gasteiger partial charge in [-0.3, -0.25) is 4.79 Å². The number of nitrogens with zero attached hydrogens (tertiary/aromatic N) is 1. The number of rotatable bonds is 3. The molecule has 2 rings (SSSR count). The van der Waals surface area contributed by atoms with Crippen LogP contribution in [0.1, 0.15) is 26.4 Å². The summed E-state index contributed by atoms with van der Waals surface area (Å²) in [7, 11) is 1.82. The minimum atomic E-state index is -0.000463. The molecule has 100 valence electrons. The molecule has 0 unspecified atom stereocenters. The number of anilines is 1. The molecule has 0 bridgehead atoms. The van der Waals surface area contributed by atoms with E-state index < -0.39 is 0 Å². The minimum absolute atomic E-state index is 0.000463. The monoisotopic (exact) mass is 274 g/mol. The Morgan fingerprint density at radius 1 is 1.26 bits per heavy atom. The first-order valence-electron chi connectivity index (χ1n) is 6.13. The van der Waals surface area contributed by atoms with Gasteiger partial charge in [0.05, 0.1) is 6.54 Å². The largest absolute Gasteiger partial charge is 0.398 e. The Hall–Kier alpha value is -1.81. The number of carbonyl (C=O) groups is 1. The Morgan fingerprint density at radius 3 is 2.58 bits per heavy atom. The van der Waals surface area contributed by atoms with Crippen LogP contribution in [0.2, 0.25) is 0 Å². The van der Waals surface area contributed by atoms with E-state index in [-0.39, 0.29) is 5.91 Å². The minimum Gasteiger partial charge on any atom is -0.398 e. The van der Waals surface area contributed by atoms with E-state index in [0.717, 1.165) is 5.56 Å². The molecule has 0 aliphatic heterocycles. The maximum atomic E-state index is 12.3. The highest BCUT2D eigenvalue weighted by molar-refractivity contribution is 7.10. The highest BCUT2D eigenvalue weighted by Gasteiger charge is 2.14. The summed E-state index contributed by atoms with van der Waals surface area (Å²) in [6, 6.07) is 7.52. The number of amides is 1. The molecule has 1 aromatic heterocycles. The molecule has 1 amide bonds. The van der Waals surface area contributed by atoms with Crippen molar-refractivity contribution in [3.05, 3.63) is 51.2 Å². The van der Waals surface area contributed by atoms with Crippen LogP contribution in [0.4, 0.5) is 5.69 Å². The molecule has 2 aromatic rings. The van der Waals surface area contributed by atoms with Gasteiger partial charge in [0.15, 0.2) is 0 Å². The van der Waals surface area contributed by atoms with Crippen molar-refractivity contribution in [2.75, 3.05) is 12.8 Å². The lowest BCUT2D eigenvalue weighted by Gasteiger charge is -2.17. The third-order valence-electron chi connectivity index (χ3n) is 3.22. The van der Waals surface area contributed by atoms with Gasteiger partial charge in [0.2, 0.25) is 0 Å². The molecule has 1 heterocycles. The maximum absolute atomic E-state index is 12.3. The predicted molar refractivity (Wildman–Crippen MR) is 80.4 cm³/mol. The van der Waals surface area contributed by atoms with Crippen molar-refractivity contribution in [3.63, 3.8) is 0 Å². The lowest BCUT2D eigenvalue weighted by molar-refractivity contribution is 0.0786. The van der Waals surface area contributed by atoms with E-state index >= 15 is 0 Å². The van der Waals surface area contributed by atoms with Gasteiger partial charge in [0, 0.05) is 23.2 Å². The number of hydrogen-bond acceptors (Lipinski definition) is 3. The lowest BCUT2D eigenvalue weighted by atomic mass is 10.1. The van der Waals surface area contributed by atoms with E-state index in [2.05, 4.69) is 13.0 Å². The van der Waals surface area contributed by atoms with Crippen LogP contribution in [-0.4, -0.2) is 17.9 Å². The van der Waals surface area contributed by atoms with Crippen LogP contribution in [0.3, 0.4) is 0 Å². The summed E-state index contributed by atoms with van der Waals surface area (Å²) >= 11 is 1.68. The molecule has 0 fully saturated rings. The van der Waals surface area contributed by atoms with Gasteiger partial charge in [0.25, 0.3) is 5.91 Å². The second kappa shape index (κ2) is 5.45. The highest BCUT2D eigenvalue weighted by atomic mass is 32.1. The van der Waals surface area contributed by atoms with Gasteiger partial charge in [-0.1, -0.05) is 6.07 Å². The average Bonchev–Trinajstić information content (AvgIpc) is 2.77. The van der Waals surface area contributed by atoms with Gasteiger partial charge >= 0.3 is 0 Å². The first kappa shape index (κ1) is 13.6. The van der Waals surface area contributed by atoms with Crippen LogP contribution in [-0.2, 0) is 6.54 Å². The van der Waals surface area contributed by atoms with Crippen LogP contribution in [0.25, 0.3) is 0 Å². The molecule has 0 radical (unpaired) electrons. The average molecular weight is 274 g/mol. The Kier molecular flexibility index (Phi) is 3.90. The van der Waals surface area contributed by atoms with Gasteiger partial charge in [0.1, 0.15) is 0 Å². The first-order chi connectivity index (χ1) is 8.99. The molecule has 0 saturated carbocycles. The Balaban J connectivity index is 2.15. The summed E-state index contributed by atoms with van der Waals surface area (Å²) in [5, 5.41) is 2.05. The summed E-state index contributed by atoms with van der Waals surface area (Å²) in [4.78, 5) is 15.3. The molecular formula is C15H18N2OS. The number of hydrogen-bond donors (Lipinski definition) is 1. The van der Waals surface area contributed by atoms with E-state index in [1.54, 1.807) is 22.3 Å². The predicted octanol–water partition coefficient (Wildman–Crippen LogP) is 3.22. The quantitative estimate of drug-likeness (QED) is 0.874. The molecular weight excluding hydrogens is 256 g/mol. The molecule has 0 atom stereocenters. The number of carbonyl (C=O) groups excluding carboxylic acids is 1. The van der Waals surface area contributed by atoms with Crippen molar-refractivity contribution in [1.29, 1.82) is 0 Å². The highest BCUT2D eigenvalue weighted by Crippen LogP contribution is 2.19. The van der Waals surface area contributed by atoms with Gasteiger partial charge in [-0.15, -0.1) is 11.3 Å². The van der Waals surface area contributed by atoms with Crippen molar-refractivity contribution >= 4 is 22.9 Å². The molecule has 19 heavy (non-hydrogen) atoms. The zero-order valence-electron chi connectivity index (χ0n) is 11.4. The van der Waals surface area contributed by atoms with Crippen LogP contribution in [0.15, 0.2) is 29.6 Å². The number of nitrogens with two attached hydrogens (primary N) is 1. The van der Waals surface area contributed by atoms with E-state index in [4.69, 9.17) is 5.73 Å². The molecule has 0 spiro atoms. The van der Waals surface area contributed by atoms with Gasteiger partial charge in [-0.05, 0) is 48.6 Å². The van der Waals surface area contributed by atoms with Crippen molar-refractivity contribution in [2.45, 2.75) is 20.4 Å². The van der Waals surface area contributed by atoms with Crippen molar-refractivity contribution < 1.29 is 4.79 Å². The zero-order chi connectivity index (χ0) is 14.0. The molecule has 0 saturated heterocycles. The molecule has 1 aromatic carbocycles. The second-order valence-electron chi connectivity index (χ2n) is 4.76. The van der Waals surface area contributed by atoms with Gasteiger partial charge in [-0.2, -0.15) is 0 Å². The van der Waals surface area contributed by atoms with E-state index in [1.165, 1.54) is 10.4 Å². The molecule has 2 N–H and O–H groups in total. The number of nitrogen functional groups attached to an aromatic ring is 1. The van der Waals surface area contributed by atoms with Gasteiger partial charge < -0.3 is 10.6 Å². The molecule has 0 aliphatic carbocycles. The molecule has 3 nitrogen and oxygen atoms in total. The maximum Gasteiger partial charge on any atom is 0.253 e. The summed E-state index contributed by atoms with van der Waals surface area (Å²) < 4.78 is 0. The van der Waals surface area contributed by atoms with Crippen molar-refractivity contribution in [1.82, 2.24) is 4.90 Å². The zero-order valence-corrected chi connectivity index (χ0v) is 12.3. The van der Waals surface area contributed by atoms with Crippen LogP contribution < -0.4 is 5.73 Å². The smallest absolute Gasteiger partial charge is 0.253 e. The topological polar surface area (TPSA) is 46.3 Å². The van der Waals surface area contributed by atoms with Crippen LogP contribution in [0.5, 0.6) is 0 Å². The SMILES string of the molecule is Cc1ccc(C(=O)N(C)Cc2sccc2C)cc1N. The Bertz CT molecular complexity index is 604. The van der Waals surface area contributed by atoms with Crippen molar-refractivity contribution in [3.8, 4) is 0 Å². The number of benzene rings is 1. The van der Waals surface area contributed by atoms with Crippen molar-refractivity contribution in [2.24, 2.45) is 0 Å². The summed E-state index contributed by atoms with van der Waals surface area (Å²) in [6.07, 6.45) is 0. The fourth-order valence-corrected chi connectivity index (χ4v) is 2.81. The summed E-state index contributed by atoms with van der Waals surface area (Å²) in [5.41, 5.74) is 9.37. The normalized spacial score (nSPS) is 10.5. The van der Waals surface area contributed by atoms with E-state index in [9.17, 15) is 4.79 Å². The summed E-state index contributed by atoms with van der Waals surface area (Å²) in [6.45, 7) is 4.63. The third-order valence-corrected chi connectivity index (χ3v) is 4.23. The lowest BCUT2D eigenvalue weighted by Crippen LogP contribution is -2.26. The Labute approximate surface area is 117 Å². The second-order valence-corrected chi connectivity index (χ2v) is 5.76.